The number of nitro benzene ring substituents is 1. The van der Waals surface area contributed by atoms with Crippen molar-refractivity contribution in [2.75, 3.05) is 0 Å². The van der Waals surface area contributed by atoms with Crippen LogP contribution >= 0.6 is 0 Å². The molecule has 2 aromatic carbocycles. The van der Waals surface area contributed by atoms with Gasteiger partial charge in [-0.1, -0.05) is 37.3 Å². The summed E-state index contributed by atoms with van der Waals surface area (Å²) in [6.07, 6.45) is 0.910. The van der Waals surface area contributed by atoms with Crippen LogP contribution in [0.2, 0.25) is 0 Å². The van der Waals surface area contributed by atoms with Crippen molar-refractivity contribution in [1.29, 1.82) is 0 Å². The maximum absolute atomic E-state index is 12.6. The Kier molecular flexibility index (Phi) is 5.36. The van der Waals surface area contributed by atoms with E-state index in [0.29, 0.717) is 5.56 Å². The molecule has 0 saturated carbocycles. The third-order valence-corrected chi connectivity index (χ3v) is 5.57. The Balaban J connectivity index is 2.30. The molecule has 0 aromatic heterocycles. The second kappa shape index (κ2) is 7.11. The molecule has 6 nitrogen and oxygen atoms in total. The van der Waals surface area contributed by atoms with Crippen LogP contribution in [-0.2, 0) is 16.4 Å². The van der Waals surface area contributed by atoms with Crippen molar-refractivity contribution in [1.82, 2.24) is 4.72 Å². The summed E-state index contributed by atoms with van der Waals surface area (Å²) in [6, 6.07) is 11.1. The summed E-state index contributed by atoms with van der Waals surface area (Å²) >= 11 is 0. The van der Waals surface area contributed by atoms with Gasteiger partial charge in [-0.3, -0.25) is 10.1 Å². The van der Waals surface area contributed by atoms with Gasteiger partial charge in [0.05, 0.1) is 9.82 Å². The molecule has 0 radical (unpaired) electrons. The van der Waals surface area contributed by atoms with E-state index in [2.05, 4.69) is 4.72 Å². The van der Waals surface area contributed by atoms with Gasteiger partial charge in [-0.05, 0) is 37.0 Å². The molecule has 2 rings (SSSR count). The maximum Gasteiger partial charge on any atom is 0.270 e. The first-order valence-electron chi connectivity index (χ1n) is 7.61. The zero-order valence-corrected chi connectivity index (χ0v) is 14.6. The third kappa shape index (κ3) is 3.98. The van der Waals surface area contributed by atoms with E-state index >= 15 is 0 Å². The lowest BCUT2D eigenvalue weighted by Gasteiger charge is -2.16. The Labute approximate surface area is 141 Å². The van der Waals surface area contributed by atoms with Gasteiger partial charge in [0, 0.05) is 18.2 Å². The molecule has 0 fully saturated rings. The van der Waals surface area contributed by atoms with Crippen molar-refractivity contribution in [2.45, 2.75) is 38.1 Å². The molecular weight excluding hydrogens is 328 g/mol. The van der Waals surface area contributed by atoms with Gasteiger partial charge >= 0.3 is 0 Å². The molecule has 1 atom stereocenters. The first kappa shape index (κ1) is 18.1. The first-order chi connectivity index (χ1) is 11.2. The molecule has 0 saturated heterocycles. The van der Waals surface area contributed by atoms with Gasteiger partial charge < -0.3 is 0 Å². The molecule has 0 aliphatic carbocycles. The summed E-state index contributed by atoms with van der Waals surface area (Å²) in [6.45, 7) is 5.40. The highest BCUT2D eigenvalue weighted by Crippen LogP contribution is 2.24. The standard InChI is InChI=1S/C17H20N2O4S/c1-4-14-6-8-15(9-7-14)13(3)18-24(22,23)17-11-16(19(20)21)10-5-12(17)2/h5-11,13,18H,4H2,1-3H3. The van der Waals surface area contributed by atoms with Gasteiger partial charge in [0.15, 0.2) is 0 Å². The largest absolute Gasteiger partial charge is 0.270 e. The lowest BCUT2D eigenvalue weighted by Crippen LogP contribution is -2.27. The molecule has 0 bridgehead atoms. The minimum absolute atomic E-state index is 0.0753. The number of aryl methyl sites for hydroxylation is 2. The van der Waals surface area contributed by atoms with Crippen LogP contribution in [0.15, 0.2) is 47.4 Å². The smallest absolute Gasteiger partial charge is 0.258 e. The summed E-state index contributed by atoms with van der Waals surface area (Å²) < 4.78 is 27.8. The molecule has 1 N–H and O–H groups in total. The van der Waals surface area contributed by atoms with E-state index < -0.39 is 21.0 Å². The molecule has 1 unspecified atom stereocenters. The van der Waals surface area contributed by atoms with Gasteiger partial charge in [0.25, 0.3) is 5.69 Å². The highest BCUT2D eigenvalue weighted by Gasteiger charge is 2.23. The minimum atomic E-state index is -3.86. The Hall–Kier alpha value is -2.25. The van der Waals surface area contributed by atoms with E-state index in [1.807, 2.05) is 31.2 Å². The van der Waals surface area contributed by atoms with Gasteiger partial charge in [0.1, 0.15) is 0 Å². The Bertz CT molecular complexity index is 845. The number of non-ortho nitro benzene ring substituents is 1. The van der Waals surface area contributed by atoms with Gasteiger partial charge in [-0.15, -0.1) is 0 Å². The third-order valence-electron chi connectivity index (χ3n) is 3.89. The zero-order chi connectivity index (χ0) is 17.9. The minimum Gasteiger partial charge on any atom is -0.258 e. The van der Waals surface area contributed by atoms with E-state index in [0.717, 1.165) is 18.1 Å². The fourth-order valence-electron chi connectivity index (χ4n) is 2.40. The van der Waals surface area contributed by atoms with Gasteiger partial charge in [-0.25, -0.2) is 13.1 Å². The number of hydrogen-bond donors (Lipinski definition) is 1. The predicted octanol–water partition coefficient (Wildman–Crippen LogP) is 3.51. The number of sulfonamides is 1. The predicted molar refractivity (Wildman–Crippen MR) is 92.4 cm³/mol. The number of nitrogens with zero attached hydrogens (tertiary/aromatic N) is 1. The number of benzene rings is 2. The van der Waals surface area contributed by atoms with Crippen molar-refractivity contribution in [3.63, 3.8) is 0 Å². The molecule has 0 amide bonds. The number of nitrogens with one attached hydrogen (secondary N) is 1. The topological polar surface area (TPSA) is 89.3 Å². The first-order valence-corrected chi connectivity index (χ1v) is 9.09. The van der Waals surface area contributed by atoms with Crippen molar-refractivity contribution < 1.29 is 13.3 Å². The van der Waals surface area contributed by atoms with Crippen LogP contribution in [0.25, 0.3) is 0 Å². The van der Waals surface area contributed by atoms with Crippen molar-refractivity contribution >= 4 is 15.7 Å². The van der Waals surface area contributed by atoms with Gasteiger partial charge in [-0.2, -0.15) is 0 Å². The Morgan fingerprint density at radius 2 is 1.79 bits per heavy atom. The van der Waals surface area contributed by atoms with Crippen LogP contribution in [-0.4, -0.2) is 13.3 Å². The van der Waals surface area contributed by atoms with E-state index in [1.54, 1.807) is 13.8 Å². The molecule has 24 heavy (non-hydrogen) atoms. The summed E-state index contributed by atoms with van der Waals surface area (Å²) in [7, 11) is -3.86. The van der Waals surface area contributed by atoms with Crippen molar-refractivity contribution in [3.8, 4) is 0 Å². The highest BCUT2D eigenvalue weighted by atomic mass is 32.2. The molecule has 0 aliphatic heterocycles. The Morgan fingerprint density at radius 1 is 1.17 bits per heavy atom. The maximum atomic E-state index is 12.6. The average Bonchev–Trinajstić information content (AvgIpc) is 2.54. The second-order valence-electron chi connectivity index (χ2n) is 5.65. The number of rotatable bonds is 6. The lowest BCUT2D eigenvalue weighted by molar-refractivity contribution is -0.385. The van der Waals surface area contributed by atoms with Crippen LogP contribution < -0.4 is 4.72 Å². The second-order valence-corrected chi connectivity index (χ2v) is 7.33. The fourth-order valence-corrected chi connectivity index (χ4v) is 3.89. The molecule has 2 aromatic rings. The quantitative estimate of drug-likeness (QED) is 0.639. The van der Waals surface area contributed by atoms with E-state index in [-0.39, 0.29) is 10.6 Å². The molecule has 128 valence electrons. The average molecular weight is 348 g/mol. The van der Waals surface area contributed by atoms with E-state index in [9.17, 15) is 18.5 Å². The summed E-state index contributed by atoms with van der Waals surface area (Å²) in [5.41, 5.74) is 2.21. The monoisotopic (exact) mass is 348 g/mol. The molecule has 0 aliphatic rings. The fraction of sp³-hybridized carbons (Fsp3) is 0.294. The van der Waals surface area contributed by atoms with Crippen LogP contribution in [0.5, 0.6) is 0 Å². The summed E-state index contributed by atoms with van der Waals surface area (Å²) in [4.78, 5) is 10.2. The normalized spacial score (nSPS) is 12.8. The molecule has 0 heterocycles. The lowest BCUT2D eigenvalue weighted by atomic mass is 10.1. The molecule has 0 spiro atoms. The molecular formula is C17H20N2O4S. The summed E-state index contributed by atoms with van der Waals surface area (Å²) in [5, 5.41) is 10.9. The zero-order valence-electron chi connectivity index (χ0n) is 13.8. The van der Waals surface area contributed by atoms with E-state index in [4.69, 9.17) is 0 Å². The SMILES string of the molecule is CCc1ccc(C(C)NS(=O)(=O)c2cc([N+](=O)[O-])ccc2C)cc1. The number of hydrogen-bond acceptors (Lipinski definition) is 4. The molecule has 7 heteroatoms. The van der Waals surface area contributed by atoms with Crippen LogP contribution in [0.3, 0.4) is 0 Å². The van der Waals surface area contributed by atoms with Crippen LogP contribution in [0, 0.1) is 17.0 Å². The van der Waals surface area contributed by atoms with E-state index in [1.165, 1.54) is 17.7 Å². The summed E-state index contributed by atoms with van der Waals surface area (Å²) in [5.74, 6) is 0. The van der Waals surface area contributed by atoms with Crippen molar-refractivity contribution in [2.24, 2.45) is 0 Å². The van der Waals surface area contributed by atoms with Crippen molar-refractivity contribution in [3.05, 3.63) is 69.3 Å². The number of nitro groups is 1. The van der Waals surface area contributed by atoms with Crippen LogP contribution in [0.4, 0.5) is 5.69 Å². The highest BCUT2D eigenvalue weighted by molar-refractivity contribution is 7.89. The Morgan fingerprint density at radius 3 is 2.33 bits per heavy atom. The van der Waals surface area contributed by atoms with Crippen LogP contribution in [0.1, 0.15) is 36.6 Å². The van der Waals surface area contributed by atoms with Gasteiger partial charge in [0.2, 0.25) is 10.0 Å².